The molecule has 0 spiro atoms. The van der Waals surface area contributed by atoms with Gasteiger partial charge in [-0.1, -0.05) is 41.6 Å². The summed E-state index contributed by atoms with van der Waals surface area (Å²) < 4.78 is 7.33. The van der Waals surface area contributed by atoms with E-state index < -0.39 is 0 Å². The number of para-hydroxylation sites is 1. The highest BCUT2D eigenvalue weighted by Crippen LogP contribution is 2.24. The fourth-order valence-corrected chi connectivity index (χ4v) is 4.12. The highest BCUT2D eigenvalue weighted by molar-refractivity contribution is 7.99. The highest BCUT2D eigenvalue weighted by atomic mass is 35.5. The molecule has 0 saturated carbocycles. The molecule has 0 saturated heterocycles. The predicted molar refractivity (Wildman–Crippen MR) is 128 cm³/mol. The number of amides is 1. The number of rotatable bonds is 8. The third-order valence-electron chi connectivity index (χ3n) is 4.72. The Balaban J connectivity index is 1.40. The van der Waals surface area contributed by atoms with Gasteiger partial charge in [0.15, 0.2) is 5.16 Å². The second-order valence-electron chi connectivity index (χ2n) is 6.95. The van der Waals surface area contributed by atoms with Crippen LogP contribution in [0.25, 0.3) is 22.2 Å². The van der Waals surface area contributed by atoms with Gasteiger partial charge in [-0.2, -0.15) is 0 Å². The van der Waals surface area contributed by atoms with Crippen LogP contribution < -0.4 is 10.9 Å². The maximum atomic E-state index is 12.8. The topological polar surface area (TPSA) is 77.1 Å². The van der Waals surface area contributed by atoms with Gasteiger partial charge >= 0.3 is 0 Å². The Morgan fingerprint density at radius 2 is 1.94 bits per heavy atom. The molecule has 0 fully saturated rings. The third kappa shape index (κ3) is 4.95. The fourth-order valence-electron chi connectivity index (χ4n) is 3.16. The van der Waals surface area contributed by atoms with Crippen LogP contribution in [0.4, 0.5) is 0 Å². The minimum Gasteiger partial charge on any atom is -0.459 e. The van der Waals surface area contributed by atoms with Crippen molar-refractivity contribution in [3.63, 3.8) is 0 Å². The number of benzene rings is 2. The molecule has 0 atom stereocenters. The number of carbonyl (C=O) groups excluding carboxylic acids is 1. The van der Waals surface area contributed by atoms with Crippen molar-refractivity contribution in [1.82, 2.24) is 14.9 Å². The largest absolute Gasteiger partial charge is 0.459 e. The maximum Gasteiger partial charge on any atom is 0.262 e. The van der Waals surface area contributed by atoms with Gasteiger partial charge in [0.2, 0.25) is 5.91 Å². The number of furan rings is 1. The number of halogens is 1. The van der Waals surface area contributed by atoms with E-state index in [9.17, 15) is 9.59 Å². The van der Waals surface area contributed by atoms with Gasteiger partial charge in [-0.25, -0.2) is 4.98 Å². The molecule has 162 valence electrons. The van der Waals surface area contributed by atoms with Crippen LogP contribution in [0.5, 0.6) is 0 Å². The number of hydrogen-bond acceptors (Lipinski definition) is 5. The van der Waals surface area contributed by atoms with E-state index in [-0.39, 0.29) is 23.8 Å². The number of allylic oxidation sites excluding steroid dienone is 1. The first-order chi connectivity index (χ1) is 15.5. The zero-order chi connectivity index (χ0) is 22.5. The Labute approximate surface area is 193 Å². The molecule has 0 aliphatic rings. The van der Waals surface area contributed by atoms with E-state index in [2.05, 4.69) is 16.9 Å². The lowest BCUT2D eigenvalue weighted by Crippen LogP contribution is -2.26. The van der Waals surface area contributed by atoms with Gasteiger partial charge in [0.05, 0.1) is 23.2 Å². The first-order valence-corrected chi connectivity index (χ1v) is 11.3. The lowest BCUT2D eigenvalue weighted by molar-refractivity contribution is -0.118. The van der Waals surface area contributed by atoms with Crippen LogP contribution in [0.3, 0.4) is 0 Å². The fraction of sp³-hybridized carbons (Fsp3) is 0.125. The number of thioether (sulfide) groups is 1. The molecule has 0 radical (unpaired) electrons. The predicted octanol–water partition coefficient (Wildman–Crippen LogP) is 4.90. The molecule has 0 aliphatic heterocycles. The van der Waals surface area contributed by atoms with Gasteiger partial charge in [0, 0.05) is 17.1 Å². The summed E-state index contributed by atoms with van der Waals surface area (Å²) in [4.78, 5) is 29.7. The number of aromatic nitrogens is 2. The molecule has 8 heteroatoms. The molecule has 32 heavy (non-hydrogen) atoms. The van der Waals surface area contributed by atoms with Crippen molar-refractivity contribution >= 4 is 40.2 Å². The standard InChI is InChI=1S/C24H20ClN3O3S/c1-2-13-28-23(30)19-5-3-4-6-20(19)27-24(28)32-15-22(29)26-14-18-11-12-21(31-18)16-7-9-17(25)10-8-16/h2-12H,1,13-15H2,(H,26,29). The molecule has 0 aliphatic carbocycles. The van der Waals surface area contributed by atoms with Crippen molar-refractivity contribution in [3.05, 3.63) is 94.5 Å². The van der Waals surface area contributed by atoms with Crippen molar-refractivity contribution < 1.29 is 9.21 Å². The van der Waals surface area contributed by atoms with Crippen molar-refractivity contribution in [2.24, 2.45) is 0 Å². The van der Waals surface area contributed by atoms with Crippen molar-refractivity contribution in [2.75, 3.05) is 5.75 Å². The monoisotopic (exact) mass is 465 g/mol. The summed E-state index contributed by atoms with van der Waals surface area (Å²) in [5.41, 5.74) is 1.36. The van der Waals surface area contributed by atoms with Crippen LogP contribution in [-0.2, 0) is 17.9 Å². The van der Waals surface area contributed by atoms with Crippen molar-refractivity contribution in [1.29, 1.82) is 0 Å². The molecule has 1 N–H and O–H groups in total. The van der Waals surface area contributed by atoms with Crippen LogP contribution >= 0.6 is 23.4 Å². The molecule has 0 bridgehead atoms. The quantitative estimate of drug-likeness (QED) is 0.227. The Morgan fingerprint density at radius 3 is 2.72 bits per heavy atom. The number of nitrogens with one attached hydrogen (secondary N) is 1. The average molecular weight is 466 g/mol. The Morgan fingerprint density at radius 1 is 1.16 bits per heavy atom. The van der Waals surface area contributed by atoms with E-state index in [1.807, 2.05) is 30.3 Å². The zero-order valence-electron chi connectivity index (χ0n) is 17.1. The number of hydrogen-bond donors (Lipinski definition) is 1. The van der Waals surface area contributed by atoms with E-state index in [0.717, 1.165) is 5.56 Å². The van der Waals surface area contributed by atoms with Gasteiger partial charge in [-0.05, 0) is 48.5 Å². The Kier molecular flexibility index (Phi) is 6.78. The molecule has 6 nitrogen and oxygen atoms in total. The minimum atomic E-state index is -0.188. The van der Waals surface area contributed by atoms with E-state index in [1.54, 1.807) is 36.4 Å². The van der Waals surface area contributed by atoms with Gasteiger partial charge in [-0.3, -0.25) is 14.2 Å². The molecule has 4 aromatic rings. The van der Waals surface area contributed by atoms with Gasteiger partial charge in [0.25, 0.3) is 5.56 Å². The van der Waals surface area contributed by atoms with Crippen LogP contribution in [0.2, 0.25) is 5.02 Å². The van der Waals surface area contributed by atoms with E-state index >= 15 is 0 Å². The molecule has 4 rings (SSSR count). The number of carbonyl (C=O) groups is 1. The van der Waals surface area contributed by atoms with Crippen molar-refractivity contribution in [3.8, 4) is 11.3 Å². The molecule has 2 aromatic heterocycles. The molecule has 2 heterocycles. The molecular formula is C24H20ClN3O3S. The zero-order valence-corrected chi connectivity index (χ0v) is 18.7. The first kappa shape index (κ1) is 21.9. The molecule has 1 amide bonds. The summed E-state index contributed by atoms with van der Waals surface area (Å²) in [6, 6.07) is 18.2. The van der Waals surface area contributed by atoms with Crippen LogP contribution in [0.15, 0.2) is 87.7 Å². The van der Waals surface area contributed by atoms with Crippen LogP contribution in [0.1, 0.15) is 5.76 Å². The Bertz CT molecular complexity index is 1330. The summed E-state index contributed by atoms with van der Waals surface area (Å²) in [5.74, 6) is 1.27. The third-order valence-corrected chi connectivity index (χ3v) is 5.95. The van der Waals surface area contributed by atoms with Gasteiger partial charge in [0.1, 0.15) is 11.5 Å². The maximum absolute atomic E-state index is 12.8. The Hall–Kier alpha value is -3.29. The first-order valence-electron chi connectivity index (χ1n) is 9.90. The van der Waals surface area contributed by atoms with Crippen molar-refractivity contribution in [2.45, 2.75) is 18.2 Å². The average Bonchev–Trinajstić information content (AvgIpc) is 3.28. The number of nitrogens with zero attached hydrogens (tertiary/aromatic N) is 2. The molecular weight excluding hydrogens is 446 g/mol. The van der Waals surface area contributed by atoms with E-state index in [4.69, 9.17) is 16.0 Å². The summed E-state index contributed by atoms with van der Waals surface area (Å²) in [5, 5.41) is 4.51. The minimum absolute atomic E-state index is 0.118. The molecule has 0 unspecified atom stereocenters. The second-order valence-corrected chi connectivity index (χ2v) is 8.33. The lowest BCUT2D eigenvalue weighted by atomic mass is 10.2. The smallest absolute Gasteiger partial charge is 0.262 e. The van der Waals surface area contributed by atoms with Crippen LogP contribution in [-0.4, -0.2) is 21.2 Å². The summed E-state index contributed by atoms with van der Waals surface area (Å²) >= 11 is 7.13. The van der Waals surface area contributed by atoms with Crippen LogP contribution in [0, 0.1) is 0 Å². The summed E-state index contributed by atoms with van der Waals surface area (Å²) in [6.07, 6.45) is 1.64. The number of fused-ring (bicyclic) bond motifs is 1. The van der Waals surface area contributed by atoms with Gasteiger partial charge in [-0.15, -0.1) is 6.58 Å². The second kappa shape index (κ2) is 9.89. The SMILES string of the molecule is C=CCn1c(SCC(=O)NCc2ccc(-c3ccc(Cl)cc3)o2)nc2ccccc2c1=O. The normalized spacial score (nSPS) is 10.9. The summed E-state index contributed by atoms with van der Waals surface area (Å²) in [6.45, 7) is 4.29. The van der Waals surface area contributed by atoms with E-state index in [1.165, 1.54) is 16.3 Å². The highest BCUT2D eigenvalue weighted by Gasteiger charge is 2.13. The molecule has 2 aromatic carbocycles. The van der Waals surface area contributed by atoms with Gasteiger partial charge < -0.3 is 9.73 Å². The lowest BCUT2D eigenvalue weighted by Gasteiger charge is -2.11. The summed E-state index contributed by atoms with van der Waals surface area (Å²) in [7, 11) is 0. The van der Waals surface area contributed by atoms with E-state index in [0.29, 0.717) is 39.1 Å².